The van der Waals surface area contributed by atoms with Crippen LogP contribution in [0.15, 0.2) is 42.9 Å². The molecule has 0 aliphatic carbocycles. The first-order valence-corrected chi connectivity index (χ1v) is 19.7. The summed E-state index contributed by atoms with van der Waals surface area (Å²) in [6.45, 7) is 8.65. The van der Waals surface area contributed by atoms with E-state index in [0.29, 0.717) is 42.3 Å². The number of amides is 4. The summed E-state index contributed by atoms with van der Waals surface area (Å²) in [6, 6.07) is 5.99. The Balaban J connectivity index is 1.05. The van der Waals surface area contributed by atoms with Gasteiger partial charge in [0.1, 0.15) is 23.4 Å². The van der Waals surface area contributed by atoms with Crippen LogP contribution in [-0.4, -0.2) is 108 Å². The van der Waals surface area contributed by atoms with Gasteiger partial charge in [-0.05, 0) is 55.7 Å². The molecule has 58 heavy (non-hydrogen) atoms. The zero-order chi connectivity index (χ0) is 40.8. The number of fused-ring (bicyclic) bond motifs is 6. The Morgan fingerprint density at radius 3 is 2.09 bits per heavy atom. The number of ether oxygens (including phenoxy) is 2. The number of hydrogen-bond acceptors (Lipinski definition) is 11. The average Bonchev–Trinajstić information content (AvgIpc) is 4.06. The molecule has 8 rings (SSSR count). The summed E-state index contributed by atoms with van der Waals surface area (Å²) >= 11 is 0. The second-order valence-electron chi connectivity index (χ2n) is 15.7. The highest BCUT2D eigenvalue weighted by Gasteiger charge is 2.39. The minimum atomic E-state index is -0.737. The molecule has 6 aromatic rings. The fourth-order valence-electron chi connectivity index (χ4n) is 8.26. The zero-order valence-corrected chi connectivity index (χ0v) is 33.3. The normalized spacial score (nSPS) is 18.1. The molecule has 2 fully saturated rings. The number of aromatic amines is 2. The smallest absolute Gasteiger partial charge is 0.407 e. The van der Waals surface area contributed by atoms with E-state index in [0.717, 1.165) is 63.2 Å². The fraction of sp³-hybridized carbons (Fsp3) is 0.439. The van der Waals surface area contributed by atoms with Crippen molar-refractivity contribution in [3.8, 4) is 11.3 Å². The number of likely N-dealkylation sites (tertiary alicyclic amines) is 2. The largest absolute Gasteiger partial charge is 0.453 e. The van der Waals surface area contributed by atoms with Crippen LogP contribution >= 0.6 is 0 Å². The van der Waals surface area contributed by atoms with Gasteiger partial charge in [-0.1, -0.05) is 33.8 Å². The Hall–Kier alpha value is -6.39. The third-order valence-electron chi connectivity index (χ3n) is 11.3. The van der Waals surface area contributed by atoms with E-state index in [4.69, 9.17) is 29.4 Å². The number of carbonyl (C=O) groups excluding carboxylic acids is 4. The van der Waals surface area contributed by atoms with Crippen molar-refractivity contribution in [1.29, 1.82) is 0 Å². The summed E-state index contributed by atoms with van der Waals surface area (Å²) in [5.74, 6) is 0.584. The molecule has 17 nitrogen and oxygen atoms in total. The van der Waals surface area contributed by atoms with Crippen LogP contribution in [0, 0.1) is 11.8 Å². The zero-order valence-electron chi connectivity index (χ0n) is 33.3. The number of H-pyrrole nitrogens is 2. The van der Waals surface area contributed by atoms with Crippen LogP contribution in [0.4, 0.5) is 9.59 Å². The van der Waals surface area contributed by atoms with Crippen molar-refractivity contribution in [2.45, 2.75) is 77.5 Å². The quantitative estimate of drug-likeness (QED) is 0.140. The number of methoxy groups -OCH3 is 2. The lowest BCUT2D eigenvalue weighted by atomic mass is 10.0. The van der Waals surface area contributed by atoms with E-state index >= 15 is 0 Å². The Morgan fingerprint density at radius 2 is 1.43 bits per heavy atom. The number of pyridine rings is 3. The lowest BCUT2D eigenvalue weighted by molar-refractivity contribution is -0.136. The fourth-order valence-corrected chi connectivity index (χ4v) is 8.26. The van der Waals surface area contributed by atoms with E-state index in [9.17, 15) is 19.2 Å². The van der Waals surface area contributed by atoms with Crippen molar-refractivity contribution in [2.75, 3.05) is 27.3 Å². The van der Waals surface area contributed by atoms with Crippen LogP contribution in [0.25, 0.3) is 55.1 Å². The van der Waals surface area contributed by atoms with Gasteiger partial charge in [0.15, 0.2) is 11.5 Å². The van der Waals surface area contributed by atoms with Crippen molar-refractivity contribution in [3.05, 3.63) is 54.5 Å². The molecule has 0 bridgehead atoms. The summed E-state index contributed by atoms with van der Waals surface area (Å²) in [4.78, 5) is 85.9. The number of rotatable bonds is 9. The first-order valence-electron chi connectivity index (χ1n) is 19.7. The summed E-state index contributed by atoms with van der Waals surface area (Å²) in [5.41, 5.74) is 5.20. The van der Waals surface area contributed by atoms with Gasteiger partial charge in [0.05, 0.1) is 49.1 Å². The minimum absolute atomic E-state index is 0.130. The van der Waals surface area contributed by atoms with Crippen molar-refractivity contribution in [2.24, 2.45) is 11.8 Å². The topological polar surface area (TPSA) is 213 Å². The molecule has 0 radical (unpaired) electrons. The monoisotopic (exact) mass is 789 g/mol. The molecule has 2 aliphatic heterocycles. The molecule has 4 atom stereocenters. The number of alkyl carbamates (subject to hydrolysis) is 2. The number of benzene rings is 1. The molecule has 1 aromatic carbocycles. The first-order chi connectivity index (χ1) is 27.9. The Bertz CT molecular complexity index is 2390. The maximum Gasteiger partial charge on any atom is 0.407 e. The van der Waals surface area contributed by atoms with Gasteiger partial charge in [0, 0.05) is 52.9 Å². The highest BCUT2D eigenvalue weighted by Crippen LogP contribution is 2.36. The first kappa shape index (κ1) is 38.5. The SMILES string of the molecule is COC(=O)N[C@H](C(=O)N1CCC[C@H]1c1nc2ncc3cc(-c4ccc5c(c4)ncc4[nH]c([C@@H]6CCCN6C(=O)[C@@H](NC(=O)OC)C(C)C)nc45)[nH]cc3c2n1)C(C)C. The maximum absolute atomic E-state index is 13.7. The molecule has 0 unspecified atom stereocenters. The number of hydrogen-bond donors (Lipinski definition) is 4. The third-order valence-corrected chi connectivity index (χ3v) is 11.3. The van der Waals surface area contributed by atoms with Crippen LogP contribution < -0.4 is 10.6 Å². The second-order valence-corrected chi connectivity index (χ2v) is 15.7. The number of nitrogens with one attached hydrogen (secondary N) is 4. The van der Waals surface area contributed by atoms with E-state index in [2.05, 4.69) is 25.6 Å². The molecule has 4 N–H and O–H groups in total. The molecule has 4 amide bonds. The molecule has 302 valence electrons. The third kappa shape index (κ3) is 6.98. The van der Waals surface area contributed by atoms with Crippen LogP contribution in [-0.2, 0) is 19.1 Å². The van der Waals surface area contributed by atoms with Crippen molar-refractivity contribution in [3.63, 3.8) is 0 Å². The van der Waals surface area contributed by atoms with Crippen molar-refractivity contribution >= 4 is 67.9 Å². The molecule has 0 saturated carbocycles. The van der Waals surface area contributed by atoms with Gasteiger partial charge >= 0.3 is 12.2 Å². The molecule has 2 aliphatic rings. The highest BCUT2D eigenvalue weighted by atomic mass is 16.5. The van der Waals surface area contributed by atoms with Gasteiger partial charge < -0.3 is 39.9 Å². The predicted octanol–water partition coefficient (Wildman–Crippen LogP) is 5.69. The van der Waals surface area contributed by atoms with Gasteiger partial charge in [0.2, 0.25) is 11.8 Å². The standard InChI is InChI=1S/C41H47N11O6/c1-20(2)31(48-40(55)57-5)38(53)51-13-7-9-29(51)35-45-28-19-43-27-15-22(11-12-24(27)33(28)46-35)26-16-23-17-44-37-34(25(23)18-42-26)47-36(50-37)30-10-8-14-52(30)39(54)32(21(3)4)49-41(56)58-6/h11-12,15-21,29-32,42H,7-10,13-14H2,1-6H3,(H,45,46)(H,48,55)(H,49,56)/t29-,30-,31-,32-/m0/s1. The number of nitrogens with zero attached hydrogens (tertiary/aromatic N) is 7. The number of aromatic nitrogens is 7. The lowest BCUT2D eigenvalue weighted by Gasteiger charge is -2.29. The van der Waals surface area contributed by atoms with Crippen molar-refractivity contribution < 1.29 is 28.7 Å². The molecular weight excluding hydrogens is 743 g/mol. The molecular formula is C41H47N11O6. The number of carbonyl (C=O) groups is 4. The molecule has 7 heterocycles. The van der Waals surface area contributed by atoms with Gasteiger partial charge in [-0.3, -0.25) is 14.6 Å². The molecule has 5 aromatic heterocycles. The lowest BCUT2D eigenvalue weighted by Crippen LogP contribution is -2.51. The second kappa shape index (κ2) is 15.5. The molecule has 17 heteroatoms. The van der Waals surface area contributed by atoms with E-state index in [1.54, 1.807) is 22.2 Å². The van der Waals surface area contributed by atoms with E-state index in [-0.39, 0.29) is 35.7 Å². The Kier molecular flexibility index (Phi) is 10.3. The van der Waals surface area contributed by atoms with Gasteiger partial charge in [0.25, 0.3) is 0 Å². The summed E-state index contributed by atoms with van der Waals surface area (Å²) in [6.07, 6.45) is 7.22. The summed E-state index contributed by atoms with van der Waals surface area (Å²) < 4.78 is 9.55. The van der Waals surface area contributed by atoms with Crippen LogP contribution in [0.1, 0.15) is 77.1 Å². The van der Waals surface area contributed by atoms with Crippen LogP contribution in [0.3, 0.4) is 0 Å². The number of imidazole rings is 2. The minimum Gasteiger partial charge on any atom is -0.453 e. The summed E-state index contributed by atoms with van der Waals surface area (Å²) in [7, 11) is 2.56. The Morgan fingerprint density at radius 1 is 0.776 bits per heavy atom. The summed E-state index contributed by atoms with van der Waals surface area (Å²) in [5, 5.41) is 7.97. The average molecular weight is 790 g/mol. The van der Waals surface area contributed by atoms with Gasteiger partial charge in [-0.2, -0.15) is 0 Å². The van der Waals surface area contributed by atoms with E-state index < -0.39 is 24.3 Å². The highest BCUT2D eigenvalue weighted by molar-refractivity contribution is 6.05. The van der Waals surface area contributed by atoms with Crippen LogP contribution in [0.2, 0.25) is 0 Å². The van der Waals surface area contributed by atoms with Crippen LogP contribution in [0.5, 0.6) is 0 Å². The van der Waals surface area contributed by atoms with E-state index in [1.165, 1.54) is 14.2 Å². The van der Waals surface area contributed by atoms with Gasteiger partial charge in [-0.15, -0.1) is 0 Å². The Labute approximate surface area is 333 Å². The predicted molar refractivity (Wildman–Crippen MR) is 215 cm³/mol. The van der Waals surface area contributed by atoms with E-state index in [1.807, 2.05) is 58.2 Å². The molecule has 0 spiro atoms. The van der Waals surface area contributed by atoms with Crippen molar-refractivity contribution in [1.82, 2.24) is 55.3 Å². The maximum atomic E-state index is 13.7. The van der Waals surface area contributed by atoms with Gasteiger partial charge in [-0.25, -0.2) is 29.5 Å². The molecule has 2 saturated heterocycles.